The number of amides is 1. The highest BCUT2D eigenvalue weighted by Crippen LogP contribution is 2.21. The number of carbonyl (C=O) groups is 1. The van der Waals surface area contributed by atoms with Crippen molar-refractivity contribution in [1.29, 1.82) is 0 Å². The van der Waals surface area contributed by atoms with Crippen molar-refractivity contribution in [1.82, 2.24) is 9.80 Å². The van der Waals surface area contributed by atoms with Crippen LogP contribution in [-0.4, -0.2) is 46.7 Å². The summed E-state index contributed by atoms with van der Waals surface area (Å²) in [7, 11) is 0. The summed E-state index contributed by atoms with van der Waals surface area (Å²) < 4.78 is 0. The van der Waals surface area contributed by atoms with Gasteiger partial charge in [-0.15, -0.1) is 0 Å². The number of fused-ring (bicyclic) bond motifs is 1. The fourth-order valence-corrected chi connectivity index (χ4v) is 3.97. The molecule has 0 aliphatic carbocycles. The molecule has 1 amide bonds. The van der Waals surface area contributed by atoms with Gasteiger partial charge in [0.2, 0.25) is 0 Å². The maximum Gasteiger partial charge on any atom is 0.407 e. The van der Waals surface area contributed by atoms with E-state index in [1.54, 1.807) is 4.90 Å². The van der Waals surface area contributed by atoms with Gasteiger partial charge in [0.05, 0.1) is 6.04 Å². The van der Waals surface area contributed by atoms with E-state index in [0.29, 0.717) is 6.54 Å². The molecule has 0 radical (unpaired) electrons. The van der Waals surface area contributed by atoms with E-state index in [4.69, 9.17) is 0 Å². The zero-order valence-corrected chi connectivity index (χ0v) is 15.3. The van der Waals surface area contributed by atoms with Crippen molar-refractivity contribution in [2.45, 2.75) is 19.0 Å². The van der Waals surface area contributed by atoms with Crippen LogP contribution in [0.25, 0.3) is 10.8 Å². The van der Waals surface area contributed by atoms with Crippen molar-refractivity contribution < 1.29 is 9.90 Å². The summed E-state index contributed by atoms with van der Waals surface area (Å²) in [6.45, 7) is 2.95. The third kappa shape index (κ3) is 4.12. The van der Waals surface area contributed by atoms with Crippen LogP contribution < -0.4 is 0 Å². The number of nitrogens with zero attached hydrogens (tertiary/aromatic N) is 2. The lowest BCUT2D eigenvalue weighted by Crippen LogP contribution is -2.55. The second-order valence-electron chi connectivity index (χ2n) is 7.24. The van der Waals surface area contributed by atoms with E-state index in [-0.39, 0.29) is 6.04 Å². The largest absolute Gasteiger partial charge is 0.465 e. The topological polar surface area (TPSA) is 43.8 Å². The van der Waals surface area contributed by atoms with Gasteiger partial charge >= 0.3 is 6.09 Å². The molecule has 1 saturated heterocycles. The maximum atomic E-state index is 11.7. The number of benzene rings is 3. The number of carboxylic acid groups (broad SMARTS) is 1. The predicted molar refractivity (Wildman–Crippen MR) is 108 cm³/mol. The fourth-order valence-electron chi connectivity index (χ4n) is 3.97. The molecule has 1 aliphatic heterocycles. The van der Waals surface area contributed by atoms with Crippen molar-refractivity contribution in [3.8, 4) is 0 Å². The van der Waals surface area contributed by atoms with Gasteiger partial charge in [0.1, 0.15) is 0 Å². The maximum absolute atomic E-state index is 11.7. The first-order chi connectivity index (χ1) is 13.2. The monoisotopic (exact) mass is 360 g/mol. The van der Waals surface area contributed by atoms with Crippen molar-refractivity contribution in [2.24, 2.45) is 0 Å². The van der Waals surface area contributed by atoms with Gasteiger partial charge in [-0.3, -0.25) is 4.90 Å². The average Bonchev–Trinajstić information content (AvgIpc) is 2.69. The van der Waals surface area contributed by atoms with Gasteiger partial charge in [0.15, 0.2) is 0 Å². The van der Waals surface area contributed by atoms with Gasteiger partial charge < -0.3 is 10.0 Å². The van der Waals surface area contributed by atoms with Crippen molar-refractivity contribution in [3.05, 3.63) is 83.9 Å². The minimum atomic E-state index is -0.819. The Bertz CT molecular complexity index is 926. The van der Waals surface area contributed by atoms with E-state index in [9.17, 15) is 9.90 Å². The van der Waals surface area contributed by atoms with E-state index in [0.717, 1.165) is 26.1 Å². The molecule has 0 aromatic heterocycles. The number of piperazine rings is 1. The number of hydrogen-bond acceptors (Lipinski definition) is 2. The predicted octanol–water partition coefficient (Wildman–Crippen LogP) is 4.25. The van der Waals surface area contributed by atoms with Crippen LogP contribution in [0.5, 0.6) is 0 Å². The highest BCUT2D eigenvalue weighted by atomic mass is 16.4. The van der Waals surface area contributed by atoms with Crippen LogP contribution >= 0.6 is 0 Å². The van der Waals surface area contributed by atoms with Gasteiger partial charge in [-0.2, -0.15) is 0 Å². The zero-order valence-electron chi connectivity index (χ0n) is 15.3. The average molecular weight is 360 g/mol. The Labute approximate surface area is 159 Å². The van der Waals surface area contributed by atoms with Crippen LogP contribution in [0.3, 0.4) is 0 Å². The van der Waals surface area contributed by atoms with Gasteiger partial charge in [-0.25, -0.2) is 4.79 Å². The second-order valence-corrected chi connectivity index (χ2v) is 7.24. The molecule has 0 bridgehead atoms. The van der Waals surface area contributed by atoms with E-state index < -0.39 is 6.09 Å². The third-order valence-electron chi connectivity index (χ3n) is 5.35. The van der Waals surface area contributed by atoms with E-state index in [1.807, 2.05) is 18.2 Å². The standard InChI is InChI=1S/C23H24N2O2/c26-23(27)25-13-12-24(16-18-6-2-1-3-7-18)17-22(25)15-19-10-11-20-8-4-5-9-21(20)14-19/h1-11,14,22H,12-13,15-17H2,(H,26,27). The summed E-state index contributed by atoms with van der Waals surface area (Å²) in [6, 6.07) is 25.1. The van der Waals surface area contributed by atoms with Gasteiger partial charge in [-0.1, -0.05) is 72.8 Å². The summed E-state index contributed by atoms with van der Waals surface area (Å²) in [5, 5.41) is 12.1. The lowest BCUT2D eigenvalue weighted by Gasteiger charge is -2.40. The molecule has 1 heterocycles. The Kier molecular flexibility index (Phi) is 5.07. The van der Waals surface area contributed by atoms with Gasteiger partial charge in [0.25, 0.3) is 0 Å². The molecule has 1 atom stereocenters. The summed E-state index contributed by atoms with van der Waals surface area (Å²) in [5.74, 6) is 0. The first-order valence-corrected chi connectivity index (χ1v) is 9.42. The van der Waals surface area contributed by atoms with Gasteiger partial charge in [-0.05, 0) is 28.3 Å². The van der Waals surface area contributed by atoms with E-state index in [1.165, 1.54) is 21.9 Å². The van der Waals surface area contributed by atoms with Gasteiger partial charge in [0, 0.05) is 26.2 Å². The molecule has 1 N–H and O–H groups in total. The second kappa shape index (κ2) is 7.80. The third-order valence-corrected chi connectivity index (χ3v) is 5.35. The van der Waals surface area contributed by atoms with Crippen LogP contribution in [0.2, 0.25) is 0 Å². The molecule has 138 valence electrons. The smallest absolute Gasteiger partial charge is 0.407 e. The van der Waals surface area contributed by atoms with Crippen molar-refractivity contribution >= 4 is 16.9 Å². The molecule has 3 aromatic carbocycles. The van der Waals surface area contributed by atoms with E-state index in [2.05, 4.69) is 59.5 Å². The Hall–Kier alpha value is -2.85. The Morgan fingerprint density at radius 3 is 2.41 bits per heavy atom. The molecule has 1 unspecified atom stereocenters. The van der Waals surface area contributed by atoms with Crippen LogP contribution in [0, 0.1) is 0 Å². The molecule has 1 aliphatic rings. The van der Waals surface area contributed by atoms with Crippen molar-refractivity contribution in [3.63, 3.8) is 0 Å². The molecule has 1 fully saturated rings. The minimum Gasteiger partial charge on any atom is -0.465 e. The SMILES string of the molecule is O=C(O)N1CCN(Cc2ccccc2)CC1Cc1ccc2ccccc2c1. The minimum absolute atomic E-state index is 0.0267. The number of hydrogen-bond donors (Lipinski definition) is 1. The number of rotatable bonds is 4. The molecule has 0 spiro atoms. The first kappa shape index (κ1) is 17.6. The zero-order chi connectivity index (χ0) is 18.6. The summed E-state index contributed by atoms with van der Waals surface area (Å²) in [4.78, 5) is 15.7. The highest BCUT2D eigenvalue weighted by molar-refractivity contribution is 5.83. The fraction of sp³-hybridized carbons (Fsp3) is 0.261. The lowest BCUT2D eigenvalue weighted by molar-refractivity contribution is 0.0645. The van der Waals surface area contributed by atoms with Crippen LogP contribution in [-0.2, 0) is 13.0 Å². The molecule has 4 nitrogen and oxygen atoms in total. The van der Waals surface area contributed by atoms with Crippen molar-refractivity contribution in [2.75, 3.05) is 19.6 Å². The van der Waals surface area contributed by atoms with Crippen LogP contribution in [0.1, 0.15) is 11.1 Å². The van der Waals surface area contributed by atoms with Crippen LogP contribution in [0.4, 0.5) is 4.79 Å². The molecular weight excluding hydrogens is 336 g/mol. The molecular formula is C23H24N2O2. The Balaban J connectivity index is 1.51. The molecule has 27 heavy (non-hydrogen) atoms. The molecule has 4 heteroatoms. The molecule has 4 rings (SSSR count). The first-order valence-electron chi connectivity index (χ1n) is 9.42. The lowest BCUT2D eigenvalue weighted by atomic mass is 9.99. The molecule has 3 aromatic rings. The molecule has 0 saturated carbocycles. The Morgan fingerprint density at radius 1 is 0.889 bits per heavy atom. The van der Waals surface area contributed by atoms with Crippen LogP contribution in [0.15, 0.2) is 72.8 Å². The summed E-state index contributed by atoms with van der Waals surface area (Å²) >= 11 is 0. The summed E-state index contributed by atoms with van der Waals surface area (Å²) in [6.07, 6.45) is -0.0808. The highest BCUT2D eigenvalue weighted by Gasteiger charge is 2.30. The Morgan fingerprint density at radius 2 is 1.63 bits per heavy atom. The quantitative estimate of drug-likeness (QED) is 0.756. The normalized spacial score (nSPS) is 17.9. The van der Waals surface area contributed by atoms with E-state index >= 15 is 0 Å². The summed E-state index contributed by atoms with van der Waals surface area (Å²) in [5.41, 5.74) is 2.46.